The van der Waals surface area contributed by atoms with Crippen LogP contribution in [0.3, 0.4) is 0 Å². The van der Waals surface area contributed by atoms with Gasteiger partial charge in [0, 0.05) is 12.4 Å². The zero-order valence-electron chi connectivity index (χ0n) is 7.90. The number of hydrogen-bond acceptors (Lipinski definition) is 2. The van der Waals surface area contributed by atoms with E-state index in [2.05, 4.69) is 5.10 Å². The number of hydrogen-bond donors (Lipinski definition) is 1. The lowest BCUT2D eigenvalue weighted by atomic mass is 10.1. The molecule has 1 aromatic carbocycles. The van der Waals surface area contributed by atoms with Gasteiger partial charge in [-0.05, 0) is 5.56 Å². The maximum Gasteiger partial charge on any atom is 0.221 e. The number of carbonyl (C=O) groups is 1. The number of carbonyl (C=O) groups excluding carboxylic acids is 1. The number of fused-ring (bicyclic) bond motifs is 1. The van der Waals surface area contributed by atoms with E-state index in [0.717, 1.165) is 16.5 Å². The van der Waals surface area contributed by atoms with Gasteiger partial charge < -0.3 is 5.73 Å². The fourth-order valence-electron chi connectivity index (χ4n) is 1.65. The van der Waals surface area contributed by atoms with Gasteiger partial charge in [0.05, 0.1) is 18.1 Å². The third-order valence-corrected chi connectivity index (χ3v) is 2.21. The Morgan fingerprint density at radius 3 is 3.07 bits per heavy atom. The van der Waals surface area contributed by atoms with Gasteiger partial charge in [-0.1, -0.05) is 18.2 Å². The molecule has 0 fully saturated rings. The minimum absolute atomic E-state index is 0.261. The molecule has 1 heterocycles. The van der Waals surface area contributed by atoms with Crippen LogP contribution in [-0.2, 0) is 18.3 Å². The average molecular weight is 189 g/mol. The van der Waals surface area contributed by atoms with E-state index in [1.165, 1.54) is 0 Å². The van der Waals surface area contributed by atoms with Crippen molar-refractivity contribution in [3.05, 3.63) is 30.0 Å². The van der Waals surface area contributed by atoms with Crippen LogP contribution in [0.1, 0.15) is 5.56 Å². The Bertz CT molecular complexity index is 487. The number of aromatic nitrogens is 2. The topological polar surface area (TPSA) is 60.9 Å². The Labute approximate surface area is 81.3 Å². The van der Waals surface area contributed by atoms with Crippen molar-refractivity contribution in [3.8, 4) is 0 Å². The summed E-state index contributed by atoms with van der Waals surface area (Å²) in [6, 6.07) is 5.77. The second-order valence-electron chi connectivity index (χ2n) is 3.27. The summed E-state index contributed by atoms with van der Waals surface area (Å²) < 4.78 is 1.76. The lowest BCUT2D eigenvalue weighted by Gasteiger charge is -2.01. The molecule has 72 valence electrons. The lowest BCUT2D eigenvalue weighted by Crippen LogP contribution is -2.14. The van der Waals surface area contributed by atoms with Crippen molar-refractivity contribution >= 4 is 16.8 Å². The highest BCUT2D eigenvalue weighted by atomic mass is 16.1. The van der Waals surface area contributed by atoms with Gasteiger partial charge in [0.25, 0.3) is 0 Å². The monoisotopic (exact) mass is 189 g/mol. The van der Waals surface area contributed by atoms with Crippen molar-refractivity contribution in [1.29, 1.82) is 0 Å². The molecule has 0 radical (unpaired) electrons. The van der Waals surface area contributed by atoms with Crippen molar-refractivity contribution in [2.45, 2.75) is 6.42 Å². The summed E-state index contributed by atoms with van der Waals surface area (Å²) in [6.45, 7) is 0. The molecule has 0 saturated carbocycles. The summed E-state index contributed by atoms with van der Waals surface area (Å²) in [5, 5.41) is 5.16. The SMILES string of the molecule is Cn1ncc2cccc(CC(N)=O)c21. The molecule has 1 aromatic heterocycles. The number of rotatable bonds is 2. The maximum atomic E-state index is 10.8. The molecule has 4 heteroatoms. The van der Waals surface area contributed by atoms with Crippen molar-refractivity contribution in [3.63, 3.8) is 0 Å². The number of aryl methyl sites for hydroxylation is 1. The number of primary amides is 1. The van der Waals surface area contributed by atoms with Gasteiger partial charge in [0.2, 0.25) is 5.91 Å². The lowest BCUT2D eigenvalue weighted by molar-refractivity contribution is -0.117. The van der Waals surface area contributed by atoms with Crippen molar-refractivity contribution in [2.75, 3.05) is 0 Å². The maximum absolute atomic E-state index is 10.8. The molecule has 0 saturated heterocycles. The van der Waals surface area contributed by atoms with Gasteiger partial charge in [0.1, 0.15) is 0 Å². The predicted octanol–water partition coefficient (Wildman–Crippen LogP) is 0.601. The normalized spacial score (nSPS) is 10.6. The first-order valence-corrected chi connectivity index (χ1v) is 4.36. The van der Waals surface area contributed by atoms with Crippen molar-refractivity contribution < 1.29 is 4.79 Å². The molecule has 2 N–H and O–H groups in total. The van der Waals surface area contributed by atoms with Gasteiger partial charge in [-0.15, -0.1) is 0 Å². The van der Waals surface area contributed by atoms with Crippen LogP contribution in [0, 0.1) is 0 Å². The molecule has 14 heavy (non-hydrogen) atoms. The van der Waals surface area contributed by atoms with Gasteiger partial charge in [-0.3, -0.25) is 9.48 Å². The van der Waals surface area contributed by atoms with Crippen molar-refractivity contribution in [1.82, 2.24) is 9.78 Å². The highest BCUT2D eigenvalue weighted by Gasteiger charge is 2.07. The third-order valence-electron chi connectivity index (χ3n) is 2.21. The molecular formula is C10H11N3O. The summed E-state index contributed by atoms with van der Waals surface area (Å²) in [7, 11) is 1.85. The van der Waals surface area contributed by atoms with Crippen LogP contribution in [0.4, 0.5) is 0 Å². The fraction of sp³-hybridized carbons (Fsp3) is 0.200. The first-order chi connectivity index (χ1) is 6.68. The van der Waals surface area contributed by atoms with Crippen LogP contribution >= 0.6 is 0 Å². The molecule has 0 unspecified atom stereocenters. The second-order valence-corrected chi connectivity index (χ2v) is 3.27. The number of para-hydroxylation sites is 1. The average Bonchev–Trinajstić information content (AvgIpc) is 2.48. The Kier molecular flexibility index (Phi) is 1.96. The van der Waals surface area contributed by atoms with E-state index in [4.69, 9.17) is 5.73 Å². The minimum atomic E-state index is -0.321. The van der Waals surface area contributed by atoms with Crippen LogP contribution in [0.2, 0.25) is 0 Å². The smallest absolute Gasteiger partial charge is 0.221 e. The van der Waals surface area contributed by atoms with E-state index >= 15 is 0 Å². The van der Waals surface area contributed by atoms with E-state index in [-0.39, 0.29) is 12.3 Å². The van der Waals surface area contributed by atoms with E-state index in [1.54, 1.807) is 10.9 Å². The van der Waals surface area contributed by atoms with Gasteiger partial charge in [-0.2, -0.15) is 5.10 Å². The summed E-state index contributed by atoms with van der Waals surface area (Å²) in [5.74, 6) is -0.321. The molecule has 4 nitrogen and oxygen atoms in total. The number of nitrogens with zero attached hydrogens (tertiary/aromatic N) is 2. The van der Waals surface area contributed by atoms with Crippen LogP contribution < -0.4 is 5.73 Å². The molecule has 2 rings (SSSR count). The molecule has 1 amide bonds. The Balaban J connectivity index is 2.63. The third kappa shape index (κ3) is 1.35. The molecule has 0 aliphatic carbocycles. The fourth-order valence-corrected chi connectivity index (χ4v) is 1.65. The van der Waals surface area contributed by atoms with E-state index in [9.17, 15) is 4.79 Å². The summed E-state index contributed by atoms with van der Waals surface area (Å²) in [5.41, 5.74) is 7.07. The number of benzene rings is 1. The Hall–Kier alpha value is -1.84. The highest BCUT2D eigenvalue weighted by molar-refractivity contribution is 5.87. The van der Waals surface area contributed by atoms with Gasteiger partial charge in [-0.25, -0.2) is 0 Å². The molecule has 0 bridgehead atoms. The molecule has 0 aliphatic heterocycles. The zero-order chi connectivity index (χ0) is 10.1. The van der Waals surface area contributed by atoms with E-state index in [0.29, 0.717) is 0 Å². The summed E-state index contributed by atoms with van der Waals surface area (Å²) >= 11 is 0. The van der Waals surface area contributed by atoms with Crippen molar-refractivity contribution in [2.24, 2.45) is 12.8 Å². The van der Waals surface area contributed by atoms with E-state index < -0.39 is 0 Å². The van der Waals surface area contributed by atoms with Crippen LogP contribution in [0.5, 0.6) is 0 Å². The Morgan fingerprint density at radius 1 is 1.57 bits per heavy atom. The van der Waals surface area contributed by atoms with Crippen LogP contribution in [0.25, 0.3) is 10.9 Å². The first kappa shape index (κ1) is 8.74. The molecule has 0 spiro atoms. The van der Waals surface area contributed by atoms with Crippen LogP contribution in [-0.4, -0.2) is 15.7 Å². The zero-order valence-corrected chi connectivity index (χ0v) is 7.90. The standard InChI is InChI=1S/C10H11N3O/c1-13-10-7(5-9(11)14)3-2-4-8(10)6-12-13/h2-4,6H,5H2,1H3,(H2,11,14). The van der Waals surface area contributed by atoms with Crippen LogP contribution in [0.15, 0.2) is 24.4 Å². The first-order valence-electron chi connectivity index (χ1n) is 4.36. The molecule has 0 atom stereocenters. The largest absolute Gasteiger partial charge is 0.369 e. The molecular weight excluding hydrogens is 178 g/mol. The summed E-state index contributed by atoms with van der Waals surface area (Å²) in [6.07, 6.45) is 2.04. The second kappa shape index (κ2) is 3.14. The minimum Gasteiger partial charge on any atom is -0.369 e. The number of nitrogens with two attached hydrogens (primary N) is 1. The van der Waals surface area contributed by atoms with Gasteiger partial charge >= 0.3 is 0 Å². The number of amides is 1. The predicted molar refractivity (Wildman–Crippen MR) is 53.6 cm³/mol. The quantitative estimate of drug-likeness (QED) is 0.752. The molecule has 2 aromatic rings. The Morgan fingerprint density at radius 2 is 2.36 bits per heavy atom. The summed E-state index contributed by atoms with van der Waals surface area (Å²) in [4.78, 5) is 10.8. The van der Waals surface area contributed by atoms with E-state index in [1.807, 2.05) is 25.2 Å². The molecule has 0 aliphatic rings. The highest BCUT2D eigenvalue weighted by Crippen LogP contribution is 2.17. The van der Waals surface area contributed by atoms with Gasteiger partial charge in [0.15, 0.2) is 0 Å².